The highest BCUT2D eigenvalue weighted by molar-refractivity contribution is 5.24. The average molecular weight is 1810 g/mol. The summed E-state index contributed by atoms with van der Waals surface area (Å²) in [6, 6.07) is 0. The van der Waals surface area contributed by atoms with E-state index in [-0.39, 0.29) is 117 Å². The van der Waals surface area contributed by atoms with Crippen molar-refractivity contribution in [1.29, 1.82) is 0 Å². The molecule has 0 aliphatic rings. The highest BCUT2D eigenvalue weighted by Crippen LogP contribution is 2.32. The van der Waals surface area contributed by atoms with Gasteiger partial charge in [-0.1, -0.05) is 207 Å². The van der Waals surface area contributed by atoms with Crippen LogP contribution < -0.4 is 0 Å². The van der Waals surface area contributed by atoms with Crippen molar-refractivity contribution in [1.82, 2.24) is 0 Å². The summed E-state index contributed by atoms with van der Waals surface area (Å²) in [5, 5.41) is 126. The zero-order valence-electron chi connectivity index (χ0n) is 86.5. The van der Waals surface area contributed by atoms with Crippen molar-refractivity contribution in [2.45, 2.75) is 368 Å². The van der Waals surface area contributed by atoms with Crippen LogP contribution in [0, 0.1) is 154 Å². The van der Waals surface area contributed by atoms with Crippen LogP contribution in [0.25, 0.3) is 0 Å². The lowest BCUT2D eigenvalue weighted by atomic mass is 9.79. The molecule has 0 heterocycles. The molecule has 11 atom stereocenters. The van der Waals surface area contributed by atoms with Gasteiger partial charge in [0, 0.05) is 5.57 Å². The maximum absolute atomic E-state index is 9.90. The van der Waals surface area contributed by atoms with E-state index in [1.165, 1.54) is 6.26 Å². The minimum atomic E-state index is -1.01. The third kappa shape index (κ3) is 86.3. The van der Waals surface area contributed by atoms with Gasteiger partial charge in [0.15, 0.2) is 0 Å². The molecule has 0 aromatic heterocycles. The molecule has 0 aliphatic heterocycles. The van der Waals surface area contributed by atoms with Crippen LogP contribution in [0.4, 0.5) is 0 Å². The van der Waals surface area contributed by atoms with Crippen molar-refractivity contribution in [2.75, 3.05) is 132 Å². The molecule has 0 aromatic rings. The van der Waals surface area contributed by atoms with Crippen molar-refractivity contribution in [3.8, 4) is 95.7 Å². The van der Waals surface area contributed by atoms with E-state index in [1.54, 1.807) is 69.2 Å². The molecular formula is C104H190O23. The molecule has 744 valence electrons. The Labute approximate surface area is 776 Å². The standard InChI is InChI=1S/C24H46O4.C18H34O4.C14H26O4.C13H24O2.C10H18O3.C10H18O2.C8H14O2.C7H10O2/c1-19(2)15-21(5)17-23(7,27-13-11-25)9-10-24(8,28-14-12-26)18-22(6)16-20(3)4;1-15(2)13-18(6,22-12-10-20)8-7-17(5,16(3)4)14-21-11-9-19;1-5-13(3,17-11-9-15)7-8-14(4,6-2)18-12-10-16;1-6-7-13(5,15)9-8-12(4,10-14)11(2)3;1-9(2,12)5-6-10(3,4)13-8-7-11;1-5-10(4,8-9(2)3)12-7-6-11;1-7(2,9)5-6-8(3,4)10;1-3-7(2)6-9-5-4-8/h19-22,25-26H,11-18H2,1-8H3;15-16,19-20H,9-14H2,1-6H3;15-16H,5-6,9-12H2,1-4H3;11,14-15H,6-7,10H2,1-5H3;11-12H,7-8H2,1-4H3;1,9,11H,6-8H2,2-4H3;9-10H,1-4H3;1,6,8H,4-5H2,2H3/b;;;;;;;7-6-. The number of hydrogen-bond donors (Lipinski definition) is 14. The molecule has 0 bridgehead atoms. The molecule has 0 spiro atoms. The van der Waals surface area contributed by atoms with Gasteiger partial charge >= 0.3 is 0 Å². The lowest BCUT2D eigenvalue weighted by Gasteiger charge is -2.31. The second-order valence-electron chi connectivity index (χ2n) is 38.6. The van der Waals surface area contributed by atoms with Gasteiger partial charge in [-0.05, 0) is 230 Å². The van der Waals surface area contributed by atoms with Gasteiger partial charge in [0.2, 0.25) is 0 Å². The van der Waals surface area contributed by atoms with Gasteiger partial charge in [-0.2, -0.15) is 0 Å². The molecule has 23 heteroatoms. The predicted molar refractivity (Wildman–Crippen MR) is 518 cm³/mol. The van der Waals surface area contributed by atoms with Crippen molar-refractivity contribution in [3.05, 3.63) is 11.8 Å². The monoisotopic (exact) mass is 1810 g/mol. The van der Waals surface area contributed by atoms with Gasteiger partial charge < -0.3 is 114 Å². The number of ether oxygens (including phenoxy) is 9. The highest BCUT2D eigenvalue weighted by atomic mass is 16.5. The summed E-state index contributed by atoms with van der Waals surface area (Å²) in [7, 11) is 0. The molecule has 0 aromatic carbocycles. The summed E-state index contributed by atoms with van der Waals surface area (Å²) in [5.41, 5.74) is -8.03. The number of aliphatic hydroxyl groups excluding tert-OH is 10. The molecule has 0 amide bonds. The molecule has 127 heavy (non-hydrogen) atoms. The van der Waals surface area contributed by atoms with Gasteiger partial charge in [0.1, 0.15) is 68.2 Å². The summed E-state index contributed by atoms with van der Waals surface area (Å²) in [5.74, 6) is 44.7. The first-order valence-electron chi connectivity index (χ1n) is 45.7. The second-order valence-corrected chi connectivity index (χ2v) is 38.6. The Balaban J connectivity index is -0.000000218. The summed E-state index contributed by atoms with van der Waals surface area (Å²) in [6.07, 6.45) is 20.3. The second kappa shape index (κ2) is 73.6. The van der Waals surface area contributed by atoms with Crippen LogP contribution in [0.3, 0.4) is 0 Å². The molecule has 0 radical (unpaired) electrons. The fourth-order valence-electron chi connectivity index (χ4n) is 11.2. The Kier molecular flexibility index (Phi) is 79.7. The fourth-order valence-corrected chi connectivity index (χ4v) is 11.2. The Morgan fingerprint density at radius 2 is 0.622 bits per heavy atom. The third-order valence-electron chi connectivity index (χ3n) is 18.8. The van der Waals surface area contributed by atoms with Gasteiger partial charge in [-0.3, -0.25) is 0 Å². The van der Waals surface area contributed by atoms with Crippen molar-refractivity contribution in [3.63, 3.8) is 0 Å². The molecule has 11 unspecified atom stereocenters. The molecule has 0 saturated heterocycles. The molecular weight excluding hydrogens is 1620 g/mol. The normalized spacial score (nSPS) is 16.1. The maximum atomic E-state index is 9.90. The van der Waals surface area contributed by atoms with Gasteiger partial charge in [0.25, 0.3) is 0 Å². The summed E-state index contributed by atoms with van der Waals surface area (Å²) < 4.78 is 49.7. The zero-order valence-corrected chi connectivity index (χ0v) is 86.5. The number of aliphatic hydroxyl groups is 14. The number of terminal acetylenes is 2. The zero-order chi connectivity index (χ0) is 101. The van der Waals surface area contributed by atoms with Crippen LogP contribution in [0.15, 0.2) is 11.8 Å². The van der Waals surface area contributed by atoms with Crippen LogP contribution in [0.2, 0.25) is 0 Å². The first-order valence-corrected chi connectivity index (χ1v) is 45.7. The van der Waals surface area contributed by atoms with E-state index in [1.807, 2.05) is 83.1 Å². The van der Waals surface area contributed by atoms with Crippen LogP contribution in [0.5, 0.6) is 0 Å². The van der Waals surface area contributed by atoms with Crippen LogP contribution in [0.1, 0.15) is 307 Å². The lowest BCUT2D eigenvalue weighted by molar-refractivity contribution is -0.0281. The Bertz CT molecular complexity index is 3180. The smallest absolute Gasteiger partial charge is 0.126 e. The van der Waals surface area contributed by atoms with Gasteiger partial charge in [-0.15, -0.1) is 12.8 Å². The van der Waals surface area contributed by atoms with Crippen molar-refractivity contribution >= 4 is 0 Å². The van der Waals surface area contributed by atoms with Gasteiger partial charge in [-0.25, -0.2) is 0 Å². The topological polar surface area (TPSA) is 366 Å². The SMILES string of the molecule is C#C/C(C)=C\OCCO.C#CC(C)(CC(C)C)OCCO.CC(C)(O)C#CC(C)(C)O.CC(C)(O)C#CC(C)(C)OCCO.CC(C)CC(C)(C#CC(C)(COCCO)C(C)C)OCCO.CC(C)CC(C)CC(C)(C#CC(C)(CC(C)CC(C)C)OCCO)OCCO.CCC(C)(C#CC(C)(CC)OCCO)OCCO.CCCC(C)(O)C#CC(C)(CO)C(C)C. The molecule has 0 fully saturated rings. The summed E-state index contributed by atoms with van der Waals surface area (Å²) in [4.78, 5) is 0. The van der Waals surface area contributed by atoms with E-state index in [9.17, 15) is 25.5 Å². The quantitative estimate of drug-likeness (QED) is 0.0153. The number of allylic oxidation sites excluding steroid dienone is 1. The molecule has 0 aliphatic carbocycles. The fraction of sp³-hybridized carbons (Fsp3) is 0.827. The minimum absolute atomic E-state index is 0.00355. The van der Waals surface area contributed by atoms with E-state index >= 15 is 0 Å². The molecule has 0 saturated carbocycles. The molecule has 23 nitrogen and oxygen atoms in total. The van der Waals surface area contributed by atoms with E-state index in [4.69, 9.17) is 101 Å². The highest BCUT2D eigenvalue weighted by Gasteiger charge is 2.34. The van der Waals surface area contributed by atoms with E-state index < -0.39 is 67.0 Å². The van der Waals surface area contributed by atoms with Crippen LogP contribution in [-0.4, -0.2) is 265 Å². The number of hydrogen-bond acceptors (Lipinski definition) is 23. The first-order chi connectivity index (χ1) is 58.2. The Morgan fingerprint density at radius 1 is 0.331 bits per heavy atom. The Morgan fingerprint density at radius 3 is 0.906 bits per heavy atom. The summed E-state index contributed by atoms with van der Waals surface area (Å²) in [6.45, 7) is 71.5. The van der Waals surface area contributed by atoms with Crippen LogP contribution in [-0.2, 0) is 42.6 Å². The maximum Gasteiger partial charge on any atom is 0.126 e. The van der Waals surface area contributed by atoms with E-state index in [0.717, 1.165) is 63.4 Å². The number of rotatable bonds is 47. The third-order valence-corrected chi connectivity index (χ3v) is 18.8. The van der Waals surface area contributed by atoms with Gasteiger partial charge in [0.05, 0.1) is 143 Å². The average Bonchev–Trinajstić information content (AvgIpc) is 0.855. The molecule has 0 rings (SSSR count). The van der Waals surface area contributed by atoms with Crippen molar-refractivity contribution < 1.29 is 114 Å². The first kappa shape index (κ1) is 138. The largest absolute Gasteiger partial charge is 0.498 e. The predicted octanol–water partition coefficient (Wildman–Crippen LogP) is 13.7. The van der Waals surface area contributed by atoms with E-state index in [0.29, 0.717) is 74.3 Å². The Hall–Kier alpha value is -4.86. The minimum Gasteiger partial charge on any atom is -0.498 e. The van der Waals surface area contributed by atoms with Crippen LogP contribution >= 0.6 is 0 Å². The van der Waals surface area contributed by atoms with Crippen molar-refractivity contribution in [2.24, 2.45) is 58.2 Å². The lowest BCUT2D eigenvalue weighted by Crippen LogP contribution is -2.35. The summed E-state index contributed by atoms with van der Waals surface area (Å²) >= 11 is 0. The van der Waals surface area contributed by atoms with E-state index in [2.05, 4.69) is 173 Å². The molecule has 14 N–H and O–H groups in total.